The van der Waals surface area contributed by atoms with Gasteiger partial charge in [-0.2, -0.15) is 11.8 Å². The molecular weight excluding hydrogens is 250 g/mol. The van der Waals surface area contributed by atoms with E-state index in [9.17, 15) is 14.7 Å². The van der Waals surface area contributed by atoms with Gasteiger partial charge in [0.15, 0.2) is 0 Å². The second kappa shape index (κ2) is 7.67. The topological polar surface area (TPSA) is 66.4 Å². The quantitative estimate of drug-likeness (QED) is 0.667. The molecule has 104 valence electrons. The molecule has 1 aliphatic carbocycles. The fraction of sp³-hybridized carbons (Fsp3) is 0.846. The third-order valence-electron chi connectivity index (χ3n) is 3.36. The summed E-state index contributed by atoms with van der Waals surface area (Å²) < 4.78 is 0. The standard InChI is InChI=1S/C13H23NO3S/c1-2-3-9-18-10-6-11(15)14-13(12(16)17)7-4-5-8-13/h2-10H2,1H3,(H,14,15)(H,16,17). The molecule has 5 heteroatoms. The molecular formula is C13H23NO3S. The zero-order valence-corrected chi connectivity index (χ0v) is 11.9. The minimum atomic E-state index is -0.981. The van der Waals surface area contributed by atoms with Crippen LogP contribution in [0.15, 0.2) is 0 Å². The number of nitrogens with one attached hydrogen (secondary N) is 1. The molecule has 0 heterocycles. The van der Waals surface area contributed by atoms with E-state index in [-0.39, 0.29) is 5.91 Å². The third-order valence-corrected chi connectivity index (χ3v) is 4.43. The maximum absolute atomic E-state index is 11.8. The van der Waals surface area contributed by atoms with Crippen LogP contribution in [0.5, 0.6) is 0 Å². The maximum Gasteiger partial charge on any atom is 0.329 e. The van der Waals surface area contributed by atoms with Crippen LogP contribution in [-0.2, 0) is 9.59 Å². The lowest BCUT2D eigenvalue weighted by atomic mass is 9.98. The Morgan fingerprint density at radius 2 is 1.94 bits per heavy atom. The number of hydrogen-bond donors (Lipinski definition) is 2. The molecule has 0 spiro atoms. The van der Waals surface area contributed by atoms with Crippen LogP contribution >= 0.6 is 11.8 Å². The van der Waals surface area contributed by atoms with Gasteiger partial charge in [0.05, 0.1) is 0 Å². The molecule has 18 heavy (non-hydrogen) atoms. The van der Waals surface area contributed by atoms with E-state index in [0.717, 1.165) is 24.3 Å². The van der Waals surface area contributed by atoms with Gasteiger partial charge in [0.1, 0.15) is 5.54 Å². The highest BCUT2D eigenvalue weighted by atomic mass is 32.2. The van der Waals surface area contributed by atoms with Crippen molar-refractivity contribution in [2.45, 2.75) is 57.4 Å². The molecule has 4 nitrogen and oxygen atoms in total. The molecule has 0 aromatic heterocycles. The first kappa shape index (κ1) is 15.3. The fourth-order valence-electron chi connectivity index (χ4n) is 2.21. The van der Waals surface area contributed by atoms with Crippen molar-refractivity contribution in [1.29, 1.82) is 0 Å². The summed E-state index contributed by atoms with van der Waals surface area (Å²) in [5.41, 5.74) is -0.981. The Bertz CT molecular complexity index is 288. The Morgan fingerprint density at radius 3 is 2.50 bits per heavy atom. The summed E-state index contributed by atoms with van der Waals surface area (Å²) in [6.07, 6.45) is 5.67. The summed E-state index contributed by atoms with van der Waals surface area (Å²) in [6.45, 7) is 2.14. The number of unbranched alkanes of at least 4 members (excludes halogenated alkanes) is 1. The number of carboxylic acid groups (broad SMARTS) is 1. The second-order valence-corrected chi connectivity index (χ2v) is 6.08. The smallest absolute Gasteiger partial charge is 0.329 e. The van der Waals surface area contributed by atoms with Gasteiger partial charge in [-0.15, -0.1) is 0 Å². The number of rotatable bonds is 8. The highest BCUT2D eigenvalue weighted by molar-refractivity contribution is 7.99. The Hall–Kier alpha value is -0.710. The highest BCUT2D eigenvalue weighted by Gasteiger charge is 2.42. The van der Waals surface area contributed by atoms with Crippen molar-refractivity contribution in [2.75, 3.05) is 11.5 Å². The van der Waals surface area contributed by atoms with Gasteiger partial charge < -0.3 is 10.4 Å². The van der Waals surface area contributed by atoms with Gasteiger partial charge in [-0.25, -0.2) is 4.79 Å². The molecule has 2 N–H and O–H groups in total. The lowest BCUT2D eigenvalue weighted by molar-refractivity contribution is -0.147. The minimum Gasteiger partial charge on any atom is -0.480 e. The van der Waals surface area contributed by atoms with Crippen molar-refractivity contribution in [2.24, 2.45) is 0 Å². The van der Waals surface area contributed by atoms with Crippen molar-refractivity contribution in [3.05, 3.63) is 0 Å². The van der Waals surface area contributed by atoms with Crippen LogP contribution in [0, 0.1) is 0 Å². The van der Waals surface area contributed by atoms with Crippen LogP contribution in [0.2, 0.25) is 0 Å². The number of aliphatic carboxylic acids is 1. The van der Waals surface area contributed by atoms with Crippen LogP contribution in [0.3, 0.4) is 0 Å². The average Bonchev–Trinajstić information content (AvgIpc) is 2.78. The van der Waals surface area contributed by atoms with Crippen molar-refractivity contribution in [3.8, 4) is 0 Å². The normalized spacial score (nSPS) is 17.6. The zero-order valence-electron chi connectivity index (χ0n) is 11.0. The summed E-state index contributed by atoms with van der Waals surface area (Å²) >= 11 is 1.76. The number of carbonyl (C=O) groups excluding carboxylic acids is 1. The number of carbonyl (C=O) groups is 2. The van der Waals surface area contributed by atoms with Crippen LogP contribution in [0.4, 0.5) is 0 Å². The molecule has 0 atom stereocenters. The number of thioether (sulfide) groups is 1. The molecule has 0 aliphatic heterocycles. The van der Waals surface area contributed by atoms with Crippen LogP contribution in [0.25, 0.3) is 0 Å². The van der Waals surface area contributed by atoms with Crippen LogP contribution in [-0.4, -0.2) is 34.0 Å². The van der Waals surface area contributed by atoms with E-state index >= 15 is 0 Å². The van der Waals surface area contributed by atoms with Crippen molar-refractivity contribution >= 4 is 23.6 Å². The second-order valence-electron chi connectivity index (χ2n) is 4.86. The van der Waals surface area contributed by atoms with Crippen LogP contribution in [0.1, 0.15) is 51.9 Å². The Morgan fingerprint density at radius 1 is 1.28 bits per heavy atom. The highest BCUT2D eigenvalue weighted by Crippen LogP contribution is 2.30. The van der Waals surface area contributed by atoms with E-state index in [1.807, 2.05) is 0 Å². The predicted octanol–water partition coefficient (Wildman–Crippen LogP) is 2.42. The fourth-order valence-corrected chi connectivity index (χ4v) is 3.24. The first-order valence-corrected chi connectivity index (χ1v) is 7.88. The van der Waals surface area contributed by atoms with E-state index in [1.165, 1.54) is 12.8 Å². The van der Waals surface area contributed by atoms with Gasteiger partial charge >= 0.3 is 5.97 Å². The Kier molecular flexibility index (Phi) is 6.54. The minimum absolute atomic E-state index is 0.122. The molecule has 0 aromatic rings. The predicted molar refractivity (Wildman–Crippen MR) is 73.8 cm³/mol. The third kappa shape index (κ3) is 4.52. The SMILES string of the molecule is CCCCSCCC(=O)NC1(C(=O)O)CCCC1. The summed E-state index contributed by atoms with van der Waals surface area (Å²) in [6, 6.07) is 0. The molecule has 0 saturated heterocycles. The van der Waals surface area contributed by atoms with Crippen molar-refractivity contribution in [3.63, 3.8) is 0 Å². The van der Waals surface area contributed by atoms with Crippen molar-refractivity contribution < 1.29 is 14.7 Å². The molecule has 0 aromatic carbocycles. The van der Waals surface area contributed by atoms with E-state index in [1.54, 1.807) is 11.8 Å². The van der Waals surface area contributed by atoms with Gasteiger partial charge in [-0.1, -0.05) is 26.2 Å². The van der Waals surface area contributed by atoms with Crippen molar-refractivity contribution in [1.82, 2.24) is 5.32 Å². The number of carboxylic acids is 1. The molecule has 0 unspecified atom stereocenters. The average molecular weight is 273 g/mol. The van der Waals surface area contributed by atoms with E-state index in [4.69, 9.17) is 0 Å². The molecule has 1 saturated carbocycles. The van der Waals surface area contributed by atoms with Gasteiger partial charge in [0.2, 0.25) is 5.91 Å². The lowest BCUT2D eigenvalue weighted by Crippen LogP contribution is -2.52. The first-order valence-electron chi connectivity index (χ1n) is 6.73. The number of amides is 1. The van der Waals surface area contributed by atoms with E-state index < -0.39 is 11.5 Å². The monoisotopic (exact) mass is 273 g/mol. The first-order chi connectivity index (χ1) is 8.60. The Labute approximate surface area is 113 Å². The van der Waals surface area contributed by atoms with Gasteiger partial charge in [-0.3, -0.25) is 4.79 Å². The molecule has 0 radical (unpaired) electrons. The molecule has 0 bridgehead atoms. The summed E-state index contributed by atoms with van der Waals surface area (Å²) in [4.78, 5) is 23.0. The maximum atomic E-state index is 11.8. The Balaban J connectivity index is 2.27. The molecule has 1 rings (SSSR count). The van der Waals surface area contributed by atoms with E-state index in [0.29, 0.717) is 19.3 Å². The van der Waals surface area contributed by atoms with Crippen LogP contribution < -0.4 is 5.32 Å². The lowest BCUT2D eigenvalue weighted by Gasteiger charge is -2.25. The largest absolute Gasteiger partial charge is 0.480 e. The summed E-state index contributed by atoms with van der Waals surface area (Å²) in [5.74, 6) is 0.852. The summed E-state index contributed by atoms with van der Waals surface area (Å²) in [5, 5.41) is 12.0. The molecule has 1 aliphatic rings. The van der Waals surface area contributed by atoms with Gasteiger partial charge in [-0.05, 0) is 25.0 Å². The molecule has 1 amide bonds. The zero-order chi connectivity index (χ0) is 13.4. The summed E-state index contributed by atoms with van der Waals surface area (Å²) in [7, 11) is 0. The van der Waals surface area contributed by atoms with E-state index in [2.05, 4.69) is 12.2 Å². The molecule has 1 fully saturated rings. The van der Waals surface area contributed by atoms with Gasteiger partial charge in [0, 0.05) is 12.2 Å². The van der Waals surface area contributed by atoms with Gasteiger partial charge in [0.25, 0.3) is 0 Å². The number of hydrogen-bond acceptors (Lipinski definition) is 3.